The number of fused-ring (bicyclic) bond motifs is 6. The Morgan fingerprint density at radius 2 is 0.919 bits per heavy atom. The summed E-state index contributed by atoms with van der Waals surface area (Å²) in [6.07, 6.45) is 0. The second kappa shape index (κ2) is 14.9. The number of nitrogens with zero attached hydrogens (tertiary/aromatic N) is 4. The van der Waals surface area contributed by atoms with Crippen LogP contribution in [0, 0.1) is 0 Å². The summed E-state index contributed by atoms with van der Waals surface area (Å²) in [5, 5.41) is 10.4. The fraction of sp³-hybridized carbons (Fsp3) is 0. The predicted octanol–water partition coefficient (Wildman–Crippen LogP) is 15.3. The maximum absolute atomic E-state index is 5.49. The largest absolute Gasteiger partial charge is 0.231 e. The molecule has 4 aromatic heterocycles. The number of hydrogen-bond acceptors (Lipinski definition) is 4. The average molecular weight is 809 g/mol. The molecule has 62 heavy (non-hydrogen) atoms. The number of hydrogen-bond donors (Lipinski definition) is 0. The van der Waals surface area contributed by atoms with Crippen molar-refractivity contribution in [3.05, 3.63) is 218 Å². The van der Waals surface area contributed by atoms with E-state index in [1.807, 2.05) is 17.4 Å². The van der Waals surface area contributed by atoms with E-state index in [2.05, 4.69) is 217 Å². The minimum Gasteiger partial charge on any atom is -0.231 e. The maximum Gasteiger partial charge on any atom is 0.160 e. The van der Waals surface area contributed by atoms with E-state index in [4.69, 9.17) is 15.1 Å². The fourth-order valence-corrected chi connectivity index (χ4v) is 9.95. The monoisotopic (exact) mass is 808 g/mol. The summed E-state index contributed by atoms with van der Waals surface area (Å²) in [7, 11) is 0. The van der Waals surface area contributed by atoms with Crippen LogP contribution in [-0.4, -0.2) is 19.6 Å². The molecule has 290 valence electrons. The summed E-state index contributed by atoms with van der Waals surface area (Å²) in [6, 6.07) is 77.3. The van der Waals surface area contributed by atoms with Crippen LogP contribution in [0.3, 0.4) is 0 Å². The van der Waals surface area contributed by atoms with E-state index in [1.54, 1.807) is 0 Å². The highest BCUT2D eigenvalue weighted by molar-refractivity contribution is 7.25. The lowest BCUT2D eigenvalue weighted by atomic mass is 9.96. The van der Waals surface area contributed by atoms with E-state index in [0.717, 1.165) is 72.6 Å². The zero-order valence-electron chi connectivity index (χ0n) is 33.5. The van der Waals surface area contributed by atoms with Gasteiger partial charge in [-0.15, -0.1) is 11.3 Å². The molecule has 0 saturated carbocycles. The zero-order valence-corrected chi connectivity index (χ0v) is 34.3. The van der Waals surface area contributed by atoms with Crippen molar-refractivity contribution in [2.45, 2.75) is 0 Å². The molecule has 0 amide bonds. The van der Waals surface area contributed by atoms with Crippen molar-refractivity contribution < 1.29 is 0 Å². The van der Waals surface area contributed by atoms with Crippen LogP contribution < -0.4 is 0 Å². The molecule has 0 aliphatic heterocycles. The zero-order chi connectivity index (χ0) is 41.0. The molecular weight excluding hydrogens is 773 g/mol. The Bertz CT molecular complexity index is 3610. The highest BCUT2D eigenvalue weighted by Gasteiger charge is 2.22. The van der Waals surface area contributed by atoms with Gasteiger partial charge in [-0.2, -0.15) is 5.10 Å². The van der Waals surface area contributed by atoms with Gasteiger partial charge < -0.3 is 0 Å². The van der Waals surface area contributed by atoms with Crippen LogP contribution in [0.4, 0.5) is 0 Å². The van der Waals surface area contributed by atoms with E-state index in [9.17, 15) is 0 Å². The second-order valence-electron chi connectivity index (χ2n) is 15.6. The van der Waals surface area contributed by atoms with Crippen LogP contribution in [0.2, 0.25) is 0 Å². The molecule has 0 spiro atoms. The van der Waals surface area contributed by atoms with Crippen molar-refractivity contribution in [2.75, 3.05) is 0 Å². The smallest absolute Gasteiger partial charge is 0.160 e. The molecule has 0 saturated heterocycles. The maximum atomic E-state index is 5.49. The number of benzene rings is 8. The Labute approximate surface area is 362 Å². The van der Waals surface area contributed by atoms with Crippen LogP contribution in [0.1, 0.15) is 0 Å². The molecule has 4 nitrogen and oxygen atoms in total. The van der Waals surface area contributed by atoms with Gasteiger partial charge in [-0.25, -0.2) is 14.5 Å². The molecular formula is C57H36N4S. The minimum atomic E-state index is 0.656. The molecule has 4 heterocycles. The van der Waals surface area contributed by atoms with Crippen molar-refractivity contribution in [3.8, 4) is 78.7 Å². The molecule has 0 unspecified atom stereocenters. The Morgan fingerprint density at radius 3 is 1.68 bits per heavy atom. The lowest BCUT2D eigenvalue weighted by molar-refractivity contribution is 0.979. The van der Waals surface area contributed by atoms with Gasteiger partial charge in [0.15, 0.2) is 5.82 Å². The van der Waals surface area contributed by atoms with E-state index in [-0.39, 0.29) is 0 Å². The Kier molecular flexibility index (Phi) is 8.65. The third kappa shape index (κ3) is 6.26. The molecule has 12 rings (SSSR count). The first-order chi connectivity index (χ1) is 30.7. The molecule has 0 aliphatic carbocycles. The molecule has 0 atom stereocenters. The summed E-state index contributed by atoms with van der Waals surface area (Å²) < 4.78 is 4.75. The van der Waals surface area contributed by atoms with E-state index < -0.39 is 0 Å². The fourth-order valence-electron chi connectivity index (χ4n) is 8.81. The first-order valence-electron chi connectivity index (χ1n) is 20.8. The average Bonchev–Trinajstić information content (AvgIpc) is 3.94. The third-order valence-corrected chi connectivity index (χ3v) is 13.0. The molecule has 0 radical (unpaired) electrons. The van der Waals surface area contributed by atoms with Gasteiger partial charge in [0.2, 0.25) is 0 Å². The SMILES string of the molecule is c1ccc(-c2cc(-c3ccc(-c4ccc5c(c4)sc4ccccc45)cc3)nc(-c3cccc(-c4nn5c(-c6ccccc6)cc6ccccc6c5c4-c4ccccc4)c3)n2)cc1. The van der Waals surface area contributed by atoms with Gasteiger partial charge >= 0.3 is 0 Å². The number of pyridine rings is 1. The first kappa shape index (κ1) is 35.9. The summed E-state index contributed by atoms with van der Waals surface area (Å²) in [5.41, 5.74) is 14.4. The number of thiophene rings is 1. The van der Waals surface area contributed by atoms with Crippen molar-refractivity contribution in [1.82, 2.24) is 19.6 Å². The molecule has 5 heteroatoms. The van der Waals surface area contributed by atoms with Gasteiger partial charge in [0.05, 0.1) is 22.6 Å². The van der Waals surface area contributed by atoms with Crippen molar-refractivity contribution in [2.24, 2.45) is 0 Å². The summed E-state index contributed by atoms with van der Waals surface area (Å²) >= 11 is 1.85. The van der Waals surface area contributed by atoms with Gasteiger partial charge in [0, 0.05) is 58.9 Å². The lowest BCUT2D eigenvalue weighted by Crippen LogP contribution is -1.96. The Balaban J connectivity index is 0.998. The summed E-state index contributed by atoms with van der Waals surface area (Å²) in [4.78, 5) is 10.5. The van der Waals surface area contributed by atoms with Crippen LogP contribution in [0.5, 0.6) is 0 Å². The minimum absolute atomic E-state index is 0.656. The summed E-state index contributed by atoms with van der Waals surface area (Å²) in [6.45, 7) is 0. The highest BCUT2D eigenvalue weighted by Crippen LogP contribution is 2.42. The van der Waals surface area contributed by atoms with Gasteiger partial charge in [-0.3, -0.25) is 0 Å². The van der Waals surface area contributed by atoms with Crippen molar-refractivity contribution in [1.29, 1.82) is 0 Å². The van der Waals surface area contributed by atoms with Crippen LogP contribution in [-0.2, 0) is 0 Å². The molecule has 8 aromatic carbocycles. The Morgan fingerprint density at radius 1 is 0.355 bits per heavy atom. The topological polar surface area (TPSA) is 43.1 Å². The molecule has 0 fully saturated rings. The normalized spacial score (nSPS) is 11.5. The number of rotatable bonds is 7. The van der Waals surface area contributed by atoms with Gasteiger partial charge in [0.1, 0.15) is 5.69 Å². The molecule has 0 aliphatic rings. The van der Waals surface area contributed by atoms with Crippen molar-refractivity contribution >= 4 is 47.8 Å². The van der Waals surface area contributed by atoms with E-state index in [1.165, 1.54) is 36.7 Å². The summed E-state index contributed by atoms with van der Waals surface area (Å²) in [5.74, 6) is 0.656. The van der Waals surface area contributed by atoms with Crippen molar-refractivity contribution in [3.63, 3.8) is 0 Å². The molecule has 0 N–H and O–H groups in total. The third-order valence-electron chi connectivity index (χ3n) is 11.8. The lowest BCUT2D eigenvalue weighted by Gasteiger charge is -2.11. The van der Waals surface area contributed by atoms with Crippen LogP contribution in [0.15, 0.2) is 218 Å². The first-order valence-corrected chi connectivity index (χ1v) is 21.7. The second-order valence-corrected chi connectivity index (χ2v) is 16.7. The number of aromatic nitrogens is 4. The Hall–Kier alpha value is -7.99. The van der Waals surface area contributed by atoms with Gasteiger partial charge in [-0.1, -0.05) is 188 Å². The van der Waals surface area contributed by atoms with Gasteiger partial charge in [-0.05, 0) is 52.4 Å². The predicted molar refractivity (Wildman–Crippen MR) is 259 cm³/mol. The van der Waals surface area contributed by atoms with Crippen LogP contribution >= 0.6 is 11.3 Å². The van der Waals surface area contributed by atoms with Crippen LogP contribution in [0.25, 0.3) is 115 Å². The molecule has 0 bridgehead atoms. The van der Waals surface area contributed by atoms with E-state index >= 15 is 0 Å². The quantitative estimate of drug-likeness (QED) is 0.161. The van der Waals surface area contributed by atoms with E-state index in [0.29, 0.717) is 5.82 Å². The molecule has 12 aromatic rings. The standard InChI is InChI=1S/C57H36N4S/c1-4-15-38(16-5-1)49-36-50(39-29-27-37(28-30-39)42-31-32-48-47-25-12-13-26-52(47)62-53(48)35-42)59-57(58-49)45-23-14-22-44(33-45)55-54(41-19-8-3-9-20-41)56-46-24-11-10-21-43(46)34-51(61(56)60-55)40-17-6-2-7-18-40/h1-36H. The van der Waals surface area contributed by atoms with Gasteiger partial charge in [0.25, 0.3) is 0 Å². The highest BCUT2D eigenvalue weighted by atomic mass is 32.1.